The molecule has 98 valence electrons. The number of hydrogen-bond acceptors (Lipinski definition) is 3. The molecule has 1 atom stereocenters. The molecule has 2 heterocycles. The van der Waals surface area contributed by atoms with E-state index in [0.717, 1.165) is 12.0 Å². The Morgan fingerprint density at radius 3 is 2.95 bits per heavy atom. The highest BCUT2D eigenvalue weighted by Gasteiger charge is 2.21. The fourth-order valence-corrected chi connectivity index (χ4v) is 2.39. The van der Waals surface area contributed by atoms with Gasteiger partial charge >= 0.3 is 5.69 Å². The highest BCUT2D eigenvalue weighted by atomic mass is 16.5. The van der Waals surface area contributed by atoms with E-state index in [1.54, 1.807) is 0 Å². The van der Waals surface area contributed by atoms with E-state index in [4.69, 9.17) is 4.74 Å². The summed E-state index contributed by atoms with van der Waals surface area (Å²) in [6.07, 6.45) is 2.25. The van der Waals surface area contributed by atoms with Crippen LogP contribution < -0.4 is 11.2 Å². The molecule has 0 saturated carbocycles. The van der Waals surface area contributed by atoms with Gasteiger partial charge in [-0.15, -0.1) is 0 Å². The van der Waals surface area contributed by atoms with Crippen molar-refractivity contribution in [1.82, 2.24) is 9.55 Å². The van der Waals surface area contributed by atoms with Crippen molar-refractivity contribution < 1.29 is 4.74 Å². The molecule has 5 heteroatoms. The number of H-pyrrole nitrogens is 1. The largest absolute Gasteiger partial charge is 0.371 e. The van der Waals surface area contributed by atoms with Gasteiger partial charge in [0.2, 0.25) is 0 Å². The van der Waals surface area contributed by atoms with Crippen LogP contribution in [0.2, 0.25) is 0 Å². The average Bonchev–Trinajstić information content (AvgIpc) is 2.42. The number of rotatable bonds is 2. The van der Waals surface area contributed by atoms with Crippen molar-refractivity contribution in [2.45, 2.75) is 19.1 Å². The third kappa shape index (κ3) is 2.37. The van der Waals surface area contributed by atoms with Crippen molar-refractivity contribution in [1.29, 1.82) is 0 Å². The SMILES string of the molecule is O=c1ccn(CC2OCCc3ccccc32)c(=O)[nH]1. The molecule has 1 aromatic carbocycles. The fourth-order valence-electron chi connectivity index (χ4n) is 2.39. The van der Waals surface area contributed by atoms with E-state index in [2.05, 4.69) is 11.1 Å². The summed E-state index contributed by atoms with van der Waals surface area (Å²) in [6, 6.07) is 9.43. The summed E-state index contributed by atoms with van der Waals surface area (Å²) in [6.45, 7) is 1.06. The van der Waals surface area contributed by atoms with Gasteiger partial charge in [0.1, 0.15) is 6.10 Å². The van der Waals surface area contributed by atoms with Crippen molar-refractivity contribution >= 4 is 0 Å². The van der Waals surface area contributed by atoms with Gasteiger partial charge in [-0.25, -0.2) is 4.79 Å². The highest BCUT2D eigenvalue weighted by Crippen LogP contribution is 2.27. The second-order valence-corrected chi connectivity index (χ2v) is 4.57. The zero-order valence-electron chi connectivity index (χ0n) is 10.3. The van der Waals surface area contributed by atoms with E-state index < -0.39 is 5.69 Å². The number of hydrogen-bond donors (Lipinski definition) is 1. The lowest BCUT2D eigenvalue weighted by Crippen LogP contribution is -2.32. The molecule has 1 unspecified atom stereocenters. The minimum Gasteiger partial charge on any atom is -0.371 e. The Kier molecular flexibility index (Phi) is 3.05. The van der Waals surface area contributed by atoms with Gasteiger partial charge in [-0.3, -0.25) is 14.3 Å². The Morgan fingerprint density at radius 2 is 2.11 bits per heavy atom. The number of nitrogens with zero attached hydrogens (tertiary/aromatic N) is 1. The van der Waals surface area contributed by atoms with Crippen LogP contribution in [0.15, 0.2) is 46.1 Å². The fraction of sp³-hybridized carbons (Fsp3) is 0.286. The molecule has 1 aromatic heterocycles. The average molecular weight is 258 g/mol. The Bertz CT molecular complexity index is 702. The van der Waals surface area contributed by atoms with E-state index in [1.807, 2.05) is 18.2 Å². The maximum Gasteiger partial charge on any atom is 0.328 e. The first-order chi connectivity index (χ1) is 9.24. The Labute approximate surface area is 109 Å². The first-order valence-electron chi connectivity index (χ1n) is 6.23. The Morgan fingerprint density at radius 1 is 1.26 bits per heavy atom. The second-order valence-electron chi connectivity index (χ2n) is 4.57. The summed E-state index contributed by atoms with van der Waals surface area (Å²) in [4.78, 5) is 25.0. The van der Waals surface area contributed by atoms with Gasteiger partial charge in [-0.05, 0) is 17.5 Å². The van der Waals surface area contributed by atoms with E-state index in [-0.39, 0.29) is 11.7 Å². The molecule has 5 nitrogen and oxygen atoms in total. The summed E-state index contributed by atoms with van der Waals surface area (Å²) >= 11 is 0. The Balaban J connectivity index is 1.93. The predicted octanol–water partition coefficient (Wildman–Crippen LogP) is 0.851. The van der Waals surface area contributed by atoms with Gasteiger partial charge in [-0.1, -0.05) is 24.3 Å². The monoisotopic (exact) mass is 258 g/mol. The zero-order valence-corrected chi connectivity index (χ0v) is 10.3. The zero-order chi connectivity index (χ0) is 13.2. The molecular weight excluding hydrogens is 244 g/mol. The molecule has 0 bridgehead atoms. The number of nitrogens with one attached hydrogen (secondary N) is 1. The topological polar surface area (TPSA) is 64.1 Å². The van der Waals surface area contributed by atoms with Crippen LogP contribution in [0.4, 0.5) is 0 Å². The third-order valence-electron chi connectivity index (χ3n) is 3.35. The van der Waals surface area contributed by atoms with E-state index in [9.17, 15) is 9.59 Å². The maximum absolute atomic E-state index is 11.7. The lowest BCUT2D eigenvalue weighted by molar-refractivity contribution is 0.0297. The van der Waals surface area contributed by atoms with Crippen molar-refractivity contribution in [3.05, 3.63) is 68.5 Å². The summed E-state index contributed by atoms with van der Waals surface area (Å²) in [5.41, 5.74) is 1.59. The normalized spacial score (nSPS) is 18.0. The van der Waals surface area contributed by atoms with Crippen molar-refractivity contribution in [3.63, 3.8) is 0 Å². The van der Waals surface area contributed by atoms with E-state index in [1.165, 1.54) is 22.4 Å². The molecular formula is C14H14N2O3. The maximum atomic E-state index is 11.7. The molecule has 3 rings (SSSR count). The third-order valence-corrected chi connectivity index (χ3v) is 3.35. The molecule has 2 aromatic rings. The van der Waals surface area contributed by atoms with Crippen LogP contribution in [0.1, 0.15) is 17.2 Å². The van der Waals surface area contributed by atoms with Crippen molar-refractivity contribution in [2.24, 2.45) is 0 Å². The quantitative estimate of drug-likeness (QED) is 0.868. The molecule has 1 N–H and O–H groups in total. The number of aromatic nitrogens is 2. The Hall–Kier alpha value is -2.14. The van der Waals surface area contributed by atoms with Crippen LogP contribution in [0.25, 0.3) is 0 Å². The van der Waals surface area contributed by atoms with Crippen LogP contribution >= 0.6 is 0 Å². The minimum absolute atomic E-state index is 0.145. The summed E-state index contributed by atoms with van der Waals surface area (Å²) in [5, 5.41) is 0. The van der Waals surface area contributed by atoms with Gasteiger partial charge in [-0.2, -0.15) is 0 Å². The van der Waals surface area contributed by atoms with Crippen molar-refractivity contribution in [2.75, 3.05) is 6.61 Å². The lowest BCUT2D eigenvalue weighted by atomic mass is 9.97. The lowest BCUT2D eigenvalue weighted by Gasteiger charge is -2.26. The molecule has 0 spiro atoms. The molecule has 0 aliphatic carbocycles. The van der Waals surface area contributed by atoms with Gasteiger partial charge < -0.3 is 4.74 Å². The molecule has 0 fully saturated rings. The van der Waals surface area contributed by atoms with Gasteiger partial charge in [0.15, 0.2) is 0 Å². The molecule has 1 aliphatic heterocycles. The molecule has 19 heavy (non-hydrogen) atoms. The van der Waals surface area contributed by atoms with Crippen LogP contribution in [-0.2, 0) is 17.7 Å². The summed E-state index contributed by atoms with van der Waals surface area (Å²) < 4.78 is 7.21. The van der Waals surface area contributed by atoms with Gasteiger partial charge in [0.05, 0.1) is 13.2 Å². The van der Waals surface area contributed by atoms with Crippen molar-refractivity contribution in [3.8, 4) is 0 Å². The number of ether oxygens (including phenoxy) is 1. The predicted molar refractivity (Wildman–Crippen MR) is 70.2 cm³/mol. The van der Waals surface area contributed by atoms with Gasteiger partial charge in [0, 0.05) is 12.3 Å². The van der Waals surface area contributed by atoms with E-state index >= 15 is 0 Å². The first-order valence-corrected chi connectivity index (χ1v) is 6.23. The first kappa shape index (κ1) is 11.9. The standard InChI is InChI=1S/C14H14N2O3/c17-13-5-7-16(14(18)15-13)9-12-11-4-2-1-3-10(11)6-8-19-12/h1-5,7,12H,6,8-9H2,(H,15,17,18). The molecule has 1 aliphatic rings. The number of benzene rings is 1. The molecule has 0 amide bonds. The number of aromatic amines is 1. The highest BCUT2D eigenvalue weighted by molar-refractivity contribution is 5.30. The molecule has 0 radical (unpaired) electrons. The second kappa shape index (κ2) is 4.85. The summed E-state index contributed by atoms with van der Waals surface area (Å²) in [7, 11) is 0. The van der Waals surface area contributed by atoms with Crippen LogP contribution in [0, 0.1) is 0 Å². The van der Waals surface area contributed by atoms with Gasteiger partial charge in [0.25, 0.3) is 5.56 Å². The van der Waals surface area contributed by atoms with E-state index in [0.29, 0.717) is 13.2 Å². The van der Waals surface area contributed by atoms with Crippen LogP contribution in [-0.4, -0.2) is 16.2 Å². The van der Waals surface area contributed by atoms with Crippen LogP contribution in [0.3, 0.4) is 0 Å². The smallest absolute Gasteiger partial charge is 0.328 e. The minimum atomic E-state index is -0.404. The number of fused-ring (bicyclic) bond motifs is 1. The summed E-state index contributed by atoms with van der Waals surface area (Å²) in [5.74, 6) is 0. The van der Waals surface area contributed by atoms with Crippen LogP contribution in [0.5, 0.6) is 0 Å². The molecule has 0 saturated heterocycles.